The summed E-state index contributed by atoms with van der Waals surface area (Å²) in [4.78, 5) is 21.1. The lowest BCUT2D eigenvalue weighted by Gasteiger charge is -2.27. The van der Waals surface area contributed by atoms with Gasteiger partial charge in [-0.15, -0.1) is 0 Å². The topological polar surface area (TPSA) is 117 Å². The molecule has 0 radical (unpaired) electrons. The van der Waals surface area contributed by atoms with Crippen LogP contribution >= 0.6 is 0 Å². The first-order valence-electron chi connectivity index (χ1n) is 7.62. The van der Waals surface area contributed by atoms with Gasteiger partial charge in [0.2, 0.25) is 5.95 Å². The molecular weight excluding hydrogens is 327 g/mol. The van der Waals surface area contributed by atoms with Crippen molar-refractivity contribution in [1.29, 1.82) is 5.41 Å². The molecule has 1 fully saturated rings. The third kappa shape index (κ3) is 3.56. The molecule has 1 aliphatic heterocycles. The van der Waals surface area contributed by atoms with Crippen molar-refractivity contribution in [2.45, 2.75) is 6.54 Å². The number of anilines is 3. The molecule has 0 atom stereocenters. The van der Waals surface area contributed by atoms with Crippen molar-refractivity contribution in [3.05, 3.63) is 41.3 Å². The highest BCUT2D eigenvalue weighted by Crippen LogP contribution is 2.24. The summed E-state index contributed by atoms with van der Waals surface area (Å²) in [6, 6.07) is 4.86. The van der Waals surface area contributed by atoms with Crippen molar-refractivity contribution in [3.63, 3.8) is 0 Å². The van der Waals surface area contributed by atoms with E-state index in [2.05, 4.69) is 15.3 Å². The van der Waals surface area contributed by atoms with Crippen molar-refractivity contribution in [3.8, 4) is 0 Å². The Morgan fingerprint density at radius 1 is 1.52 bits per heavy atom. The van der Waals surface area contributed by atoms with Crippen molar-refractivity contribution in [1.82, 2.24) is 9.97 Å². The van der Waals surface area contributed by atoms with E-state index in [1.54, 1.807) is 18.2 Å². The summed E-state index contributed by atoms with van der Waals surface area (Å²) in [5.41, 5.74) is 6.58. The normalized spacial score (nSPS) is 14.4. The van der Waals surface area contributed by atoms with Crippen molar-refractivity contribution >= 4 is 29.6 Å². The molecule has 1 aromatic carbocycles. The van der Waals surface area contributed by atoms with Gasteiger partial charge in [0.05, 0.1) is 17.9 Å². The zero-order chi connectivity index (χ0) is 17.8. The Hall–Kier alpha value is -3.07. The van der Waals surface area contributed by atoms with E-state index in [4.69, 9.17) is 15.9 Å². The van der Waals surface area contributed by atoms with E-state index < -0.39 is 5.82 Å². The molecule has 1 aliphatic rings. The first kappa shape index (κ1) is 16.8. The van der Waals surface area contributed by atoms with Gasteiger partial charge in [-0.3, -0.25) is 4.79 Å². The molecule has 3 rings (SSSR count). The number of carbonyl (C=O) groups excluding carboxylic acids is 1. The summed E-state index contributed by atoms with van der Waals surface area (Å²) in [7, 11) is 0. The highest BCUT2D eigenvalue weighted by Gasteiger charge is 2.23. The lowest BCUT2D eigenvalue weighted by atomic mass is 10.1. The van der Waals surface area contributed by atoms with E-state index in [9.17, 15) is 9.18 Å². The molecule has 0 bridgehead atoms. The molecule has 1 aromatic heterocycles. The van der Waals surface area contributed by atoms with Gasteiger partial charge in [-0.1, -0.05) is 12.1 Å². The summed E-state index contributed by atoms with van der Waals surface area (Å²) in [5, 5.41) is 10.3. The van der Waals surface area contributed by atoms with Gasteiger partial charge in [-0.05, 0) is 6.07 Å². The molecule has 1 amide bonds. The number of benzene rings is 1. The lowest BCUT2D eigenvalue weighted by molar-refractivity contribution is -0.125. The Kier molecular flexibility index (Phi) is 4.85. The maximum absolute atomic E-state index is 14.8. The van der Waals surface area contributed by atoms with Gasteiger partial charge in [-0.2, -0.15) is 4.98 Å². The average Bonchev–Trinajstić information content (AvgIpc) is 2.62. The minimum Gasteiger partial charge on any atom is -0.370 e. The van der Waals surface area contributed by atoms with Crippen molar-refractivity contribution in [2.75, 3.05) is 35.7 Å². The van der Waals surface area contributed by atoms with Crippen LogP contribution in [0.4, 0.5) is 21.8 Å². The van der Waals surface area contributed by atoms with Gasteiger partial charge in [0.15, 0.2) is 5.82 Å². The number of halogens is 1. The van der Waals surface area contributed by atoms with Crippen LogP contribution in [-0.2, 0) is 16.1 Å². The highest BCUT2D eigenvalue weighted by atomic mass is 19.1. The molecule has 132 valence electrons. The maximum Gasteiger partial charge on any atom is 0.253 e. The highest BCUT2D eigenvalue weighted by molar-refractivity contribution is 5.95. The minimum atomic E-state index is -0.483. The molecule has 9 heteroatoms. The van der Waals surface area contributed by atoms with Gasteiger partial charge < -0.3 is 26.1 Å². The average molecular weight is 346 g/mol. The number of nitrogens with zero attached hydrogens (tertiary/aromatic N) is 3. The largest absolute Gasteiger partial charge is 0.370 e. The Morgan fingerprint density at radius 2 is 2.36 bits per heavy atom. The number of carbonyl (C=O) groups is 1. The summed E-state index contributed by atoms with van der Waals surface area (Å²) >= 11 is 0. The predicted octanol–water partition coefficient (Wildman–Crippen LogP) is 1.42. The van der Waals surface area contributed by atoms with E-state index in [1.807, 2.05) is 0 Å². The molecular formula is C16H19FN6O2. The fraction of sp³-hybridized carbons (Fsp3) is 0.250. The summed E-state index contributed by atoms with van der Waals surface area (Å²) in [6.45, 7) is 0.754. The van der Waals surface area contributed by atoms with Crippen LogP contribution in [0.5, 0.6) is 0 Å². The van der Waals surface area contributed by atoms with Crippen molar-refractivity contribution in [2.24, 2.45) is 0 Å². The Morgan fingerprint density at radius 3 is 3.12 bits per heavy atom. The second-order valence-electron chi connectivity index (χ2n) is 5.38. The van der Waals surface area contributed by atoms with Crippen LogP contribution in [0.3, 0.4) is 0 Å². The molecule has 0 saturated carbocycles. The van der Waals surface area contributed by atoms with E-state index >= 15 is 0 Å². The molecule has 0 aliphatic carbocycles. The van der Waals surface area contributed by atoms with Crippen LogP contribution in [0.25, 0.3) is 0 Å². The maximum atomic E-state index is 14.8. The molecule has 2 aromatic rings. The van der Waals surface area contributed by atoms with Crippen LogP contribution in [0.15, 0.2) is 24.4 Å². The number of hydrogen-bond acceptors (Lipinski definition) is 7. The second kappa shape index (κ2) is 7.22. The molecule has 1 saturated heterocycles. The van der Waals surface area contributed by atoms with Crippen LogP contribution in [0, 0.1) is 11.2 Å². The predicted molar refractivity (Wildman–Crippen MR) is 93.3 cm³/mol. The number of rotatable bonds is 5. The Balaban J connectivity index is 0.00000243. The Labute approximate surface area is 144 Å². The summed E-state index contributed by atoms with van der Waals surface area (Å²) < 4.78 is 19.9. The van der Waals surface area contributed by atoms with E-state index in [1.165, 1.54) is 11.1 Å². The number of amides is 1. The quantitative estimate of drug-likeness (QED) is 0.705. The number of nitrogens with one attached hydrogen (secondary N) is 2. The molecule has 25 heavy (non-hydrogen) atoms. The van der Waals surface area contributed by atoms with Crippen molar-refractivity contribution < 1.29 is 15.3 Å². The number of aromatic nitrogens is 2. The minimum absolute atomic E-state index is 0. The van der Waals surface area contributed by atoms with E-state index in [0.717, 1.165) is 6.21 Å². The van der Waals surface area contributed by atoms with Gasteiger partial charge in [0, 0.05) is 32.5 Å². The molecule has 4 N–H and O–H groups in total. The lowest BCUT2D eigenvalue weighted by Crippen LogP contribution is -2.42. The second-order valence-corrected chi connectivity index (χ2v) is 5.38. The molecule has 8 nitrogen and oxygen atoms in total. The third-order valence-electron chi connectivity index (χ3n) is 3.77. The van der Waals surface area contributed by atoms with Crippen LogP contribution in [0.1, 0.15) is 12.6 Å². The first-order chi connectivity index (χ1) is 12.1. The number of nitrogens with two attached hydrogens (primary N) is 1. The SMILES string of the molecule is N=Cc1cnc(N)nc1NCc1cccc(N2CCOCC2=O)c1F.[HH]. The van der Waals surface area contributed by atoms with Gasteiger partial charge in [-0.25, -0.2) is 9.37 Å². The van der Waals surface area contributed by atoms with Gasteiger partial charge in [0.1, 0.15) is 12.4 Å². The number of ether oxygens (including phenoxy) is 1. The first-order valence-corrected chi connectivity index (χ1v) is 7.62. The van der Waals surface area contributed by atoms with Crippen LogP contribution in [0.2, 0.25) is 0 Å². The number of hydrogen-bond donors (Lipinski definition) is 3. The monoisotopic (exact) mass is 346 g/mol. The molecule has 0 unspecified atom stereocenters. The van der Waals surface area contributed by atoms with Crippen LogP contribution < -0.4 is 16.0 Å². The fourth-order valence-corrected chi connectivity index (χ4v) is 2.51. The van der Waals surface area contributed by atoms with E-state index in [-0.39, 0.29) is 32.1 Å². The summed E-state index contributed by atoms with van der Waals surface area (Å²) in [5.74, 6) is -0.357. The third-order valence-corrected chi connectivity index (χ3v) is 3.77. The smallest absolute Gasteiger partial charge is 0.253 e. The Bertz CT molecular complexity index is 819. The molecule has 2 heterocycles. The van der Waals surface area contributed by atoms with Crippen LogP contribution in [-0.4, -0.2) is 41.8 Å². The number of nitrogen functional groups attached to an aromatic ring is 1. The fourth-order valence-electron chi connectivity index (χ4n) is 2.51. The zero-order valence-corrected chi connectivity index (χ0v) is 13.3. The summed E-state index contributed by atoms with van der Waals surface area (Å²) in [6.07, 6.45) is 2.50. The zero-order valence-electron chi connectivity index (χ0n) is 13.3. The van der Waals surface area contributed by atoms with Gasteiger partial charge in [0.25, 0.3) is 5.91 Å². The molecule has 0 spiro atoms. The number of morpholine rings is 1. The van der Waals surface area contributed by atoms with Gasteiger partial charge >= 0.3 is 0 Å². The van der Waals surface area contributed by atoms with E-state index in [0.29, 0.717) is 30.1 Å². The standard InChI is InChI=1S/C16H17FN6O2.H2/c17-14-10(7-20-15-11(6-18)8-21-16(19)22-15)2-1-3-12(14)23-4-5-25-9-13(23)24;/h1-3,6,8,18H,4-5,7,9H2,(H3,19,20,21,22);1H.